The summed E-state index contributed by atoms with van der Waals surface area (Å²) in [6.45, 7) is 2.10. The molecule has 0 spiro atoms. The Morgan fingerprint density at radius 1 is 0.513 bits per heavy atom. The van der Waals surface area contributed by atoms with E-state index in [1.54, 1.807) is 0 Å². The number of para-hydroxylation sites is 2. The van der Waals surface area contributed by atoms with Gasteiger partial charge in [0, 0.05) is 32.7 Å². The van der Waals surface area contributed by atoms with Gasteiger partial charge in [-0.1, -0.05) is 84.4 Å². The highest BCUT2D eigenvalue weighted by atomic mass is 16.3. The molecule has 8 rings (SSSR count). The predicted octanol–water partition coefficient (Wildman–Crippen LogP) is 8.51. The Morgan fingerprint density at radius 3 is 1.92 bits per heavy atom. The number of nitrogens with zero attached hydrogens (tertiary/aromatic N) is 4. The van der Waals surface area contributed by atoms with E-state index in [-0.39, 0.29) is 0 Å². The zero-order valence-electron chi connectivity index (χ0n) is 21.2. The molecule has 5 aromatic carbocycles. The van der Waals surface area contributed by atoms with Gasteiger partial charge in [0.25, 0.3) is 0 Å². The lowest BCUT2D eigenvalue weighted by atomic mass is 10.1. The lowest BCUT2D eigenvalue weighted by Crippen LogP contribution is -2.06. The molecule has 0 aliphatic rings. The highest BCUT2D eigenvalue weighted by Gasteiger charge is 2.18. The summed E-state index contributed by atoms with van der Waals surface area (Å²) >= 11 is 0. The molecule has 0 saturated carbocycles. The first kappa shape index (κ1) is 21.8. The third kappa shape index (κ3) is 3.44. The Bertz CT molecular complexity index is 2140. The van der Waals surface area contributed by atoms with E-state index in [0.717, 1.165) is 54.9 Å². The van der Waals surface area contributed by atoms with Crippen molar-refractivity contribution >= 4 is 43.7 Å². The average Bonchev–Trinajstić information content (AvgIpc) is 3.52. The second-order valence-electron chi connectivity index (χ2n) is 9.83. The number of benzene rings is 5. The van der Waals surface area contributed by atoms with Gasteiger partial charge in [0.2, 0.25) is 5.95 Å². The van der Waals surface area contributed by atoms with Crippen molar-refractivity contribution in [2.75, 3.05) is 0 Å². The van der Waals surface area contributed by atoms with E-state index in [0.29, 0.717) is 17.6 Å². The number of hydrogen-bond acceptors (Lipinski definition) is 4. The Hall–Kier alpha value is -5.29. The van der Waals surface area contributed by atoms with Crippen LogP contribution in [0.4, 0.5) is 0 Å². The van der Waals surface area contributed by atoms with E-state index in [4.69, 9.17) is 19.4 Å². The van der Waals surface area contributed by atoms with Gasteiger partial charge in [-0.15, -0.1) is 0 Å². The molecule has 5 nitrogen and oxygen atoms in total. The molecule has 184 valence electrons. The molecule has 8 aromatic rings. The predicted molar refractivity (Wildman–Crippen MR) is 157 cm³/mol. The number of furan rings is 1. The summed E-state index contributed by atoms with van der Waals surface area (Å²) in [6.07, 6.45) is 0. The van der Waals surface area contributed by atoms with Crippen LogP contribution >= 0.6 is 0 Å². The molecule has 0 aliphatic heterocycles. The van der Waals surface area contributed by atoms with Gasteiger partial charge in [-0.3, -0.25) is 4.57 Å². The van der Waals surface area contributed by atoms with Crippen molar-refractivity contribution in [2.24, 2.45) is 0 Å². The summed E-state index contributed by atoms with van der Waals surface area (Å²) in [7, 11) is 0. The lowest BCUT2D eigenvalue weighted by Gasteiger charge is -2.10. The first-order valence-electron chi connectivity index (χ1n) is 13.0. The van der Waals surface area contributed by atoms with Crippen LogP contribution in [-0.4, -0.2) is 19.5 Å². The Kier molecular flexibility index (Phi) is 4.67. The summed E-state index contributed by atoms with van der Waals surface area (Å²) < 4.78 is 8.36. The smallest absolute Gasteiger partial charge is 0.238 e. The number of aryl methyl sites for hydroxylation is 1. The van der Waals surface area contributed by atoms with Crippen molar-refractivity contribution in [3.63, 3.8) is 0 Å². The molecular weight excluding hydrogens is 480 g/mol. The monoisotopic (exact) mass is 502 g/mol. The SMILES string of the molecule is Cc1ccc2oc3cc(-c4nc(-c5ccccc5)nc(-n5c6ccccc6c6ccccc65)n4)ccc3c2c1. The van der Waals surface area contributed by atoms with Crippen molar-refractivity contribution in [3.05, 3.63) is 121 Å². The fourth-order valence-corrected chi connectivity index (χ4v) is 5.48. The third-order valence-electron chi connectivity index (χ3n) is 7.32. The van der Waals surface area contributed by atoms with Crippen LogP contribution in [0.5, 0.6) is 0 Å². The van der Waals surface area contributed by atoms with E-state index in [1.165, 1.54) is 5.56 Å². The first-order chi connectivity index (χ1) is 19.2. The van der Waals surface area contributed by atoms with Crippen LogP contribution in [0.15, 0.2) is 120 Å². The molecule has 0 radical (unpaired) electrons. The van der Waals surface area contributed by atoms with Gasteiger partial charge >= 0.3 is 0 Å². The summed E-state index contributed by atoms with van der Waals surface area (Å²) in [5.74, 6) is 1.80. The zero-order valence-corrected chi connectivity index (χ0v) is 21.2. The van der Waals surface area contributed by atoms with Crippen molar-refractivity contribution < 1.29 is 4.42 Å². The Labute approximate surface area is 224 Å². The van der Waals surface area contributed by atoms with Crippen molar-refractivity contribution in [1.29, 1.82) is 0 Å². The van der Waals surface area contributed by atoms with Crippen molar-refractivity contribution in [1.82, 2.24) is 19.5 Å². The quantitative estimate of drug-likeness (QED) is 0.243. The Balaban J connectivity index is 1.40. The van der Waals surface area contributed by atoms with Gasteiger partial charge in [-0.2, -0.15) is 9.97 Å². The lowest BCUT2D eigenvalue weighted by molar-refractivity contribution is 0.669. The van der Waals surface area contributed by atoms with E-state index in [9.17, 15) is 0 Å². The van der Waals surface area contributed by atoms with Gasteiger partial charge in [-0.05, 0) is 43.3 Å². The van der Waals surface area contributed by atoms with E-state index in [1.807, 2.05) is 42.5 Å². The fraction of sp³-hybridized carbons (Fsp3) is 0.0294. The van der Waals surface area contributed by atoms with Crippen LogP contribution in [0.3, 0.4) is 0 Å². The molecule has 0 fully saturated rings. The second kappa shape index (κ2) is 8.36. The summed E-state index contributed by atoms with van der Waals surface area (Å²) in [4.78, 5) is 15.0. The average molecular weight is 503 g/mol. The van der Waals surface area contributed by atoms with Crippen molar-refractivity contribution in [3.8, 4) is 28.7 Å². The summed E-state index contributed by atoms with van der Waals surface area (Å²) in [5, 5.41) is 4.52. The van der Waals surface area contributed by atoms with Crippen molar-refractivity contribution in [2.45, 2.75) is 6.92 Å². The molecule has 3 aromatic heterocycles. The maximum Gasteiger partial charge on any atom is 0.238 e. The van der Waals surface area contributed by atoms with E-state index >= 15 is 0 Å². The molecule has 0 N–H and O–H groups in total. The number of fused-ring (bicyclic) bond motifs is 6. The van der Waals surface area contributed by atoms with Crippen LogP contribution in [0, 0.1) is 6.92 Å². The largest absolute Gasteiger partial charge is 0.456 e. The molecule has 0 saturated heterocycles. The second-order valence-corrected chi connectivity index (χ2v) is 9.83. The Morgan fingerprint density at radius 2 is 1.18 bits per heavy atom. The fourth-order valence-electron chi connectivity index (χ4n) is 5.48. The van der Waals surface area contributed by atoms with Gasteiger partial charge in [0.15, 0.2) is 11.6 Å². The first-order valence-corrected chi connectivity index (χ1v) is 13.0. The molecule has 0 atom stereocenters. The van der Waals surface area contributed by atoms with E-state index < -0.39 is 0 Å². The van der Waals surface area contributed by atoms with Crippen LogP contribution in [-0.2, 0) is 0 Å². The number of aromatic nitrogens is 4. The van der Waals surface area contributed by atoms with Crippen LogP contribution in [0.25, 0.3) is 72.5 Å². The van der Waals surface area contributed by atoms with Crippen LogP contribution < -0.4 is 0 Å². The normalized spacial score (nSPS) is 11.7. The van der Waals surface area contributed by atoms with Gasteiger partial charge < -0.3 is 4.42 Å². The molecule has 0 aliphatic carbocycles. The molecular formula is C34H22N4O. The highest BCUT2D eigenvalue weighted by Crippen LogP contribution is 2.34. The number of rotatable bonds is 3. The van der Waals surface area contributed by atoms with Crippen LogP contribution in [0.1, 0.15) is 5.56 Å². The minimum atomic E-state index is 0.580. The molecule has 5 heteroatoms. The minimum absolute atomic E-state index is 0.580. The molecule has 39 heavy (non-hydrogen) atoms. The summed E-state index contributed by atoms with van der Waals surface area (Å²) in [5.41, 5.74) is 6.81. The standard InChI is InChI=1S/C34H22N4O/c1-21-15-18-30-27(19-21)26-17-16-23(20-31(26)39-30)33-35-32(22-9-3-2-4-10-22)36-34(37-33)38-28-13-7-5-11-24(28)25-12-6-8-14-29(25)38/h2-20H,1H3. The van der Waals surface area contributed by atoms with E-state index in [2.05, 4.69) is 84.3 Å². The third-order valence-corrected chi connectivity index (χ3v) is 7.32. The zero-order chi connectivity index (χ0) is 25.9. The molecule has 0 bridgehead atoms. The van der Waals surface area contributed by atoms with Gasteiger partial charge in [0.05, 0.1) is 11.0 Å². The molecule has 3 heterocycles. The number of hydrogen-bond donors (Lipinski definition) is 0. The summed E-state index contributed by atoms with van der Waals surface area (Å²) in [6, 6.07) is 39.3. The van der Waals surface area contributed by atoms with Crippen LogP contribution in [0.2, 0.25) is 0 Å². The highest BCUT2D eigenvalue weighted by molar-refractivity contribution is 6.09. The van der Waals surface area contributed by atoms with Gasteiger partial charge in [0.1, 0.15) is 11.2 Å². The molecule has 0 amide bonds. The maximum atomic E-state index is 6.23. The topological polar surface area (TPSA) is 56.7 Å². The minimum Gasteiger partial charge on any atom is -0.456 e. The molecule has 0 unspecified atom stereocenters. The van der Waals surface area contributed by atoms with Gasteiger partial charge in [-0.25, -0.2) is 4.98 Å². The maximum absolute atomic E-state index is 6.23.